The number of hydrogen-bond acceptors (Lipinski definition) is 5. The third-order valence-corrected chi connectivity index (χ3v) is 2.87. The number of anilines is 1. The van der Waals surface area contributed by atoms with Gasteiger partial charge in [0.2, 0.25) is 13.3 Å². The zero-order chi connectivity index (χ0) is 14.5. The molecule has 1 aromatic heterocycles. The Balaban J connectivity index is 2.48. The van der Waals surface area contributed by atoms with Gasteiger partial charge in [-0.25, -0.2) is 0 Å². The molecule has 0 bridgehead atoms. The van der Waals surface area contributed by atoms with E-state index in [9.17, 15) is 19.4 Å². The van der Waals surface area contributed by atoms with E-state index in [1.165, 1.54) is 24.5 Å². The summed E-state index contributed by atoms with van der Waals surface area (Å²) in [5, 5.41) is 12.0. The van der Waals surface area contributed by atoms with E-state index in [4.69, 9.17) is 4.89 Å². The van der Waals surface area contributed by atoms with Crippen LogP contribution >= 0.6 is 7.37 Å². The van der Waals surface area contributed by atoms with Crippen LogP contribution in [-0.2, 0) is 14.2 Å². The van der Waals surface area contributed by atoms with Crippen LogP contribution in [0.2, 0.25) is 0 Å². The maximum atomic E-state index is 11.5. The van der Waals surface area contributed by atoms with Crippen molar-refractivity contribution < 1.29 is 24.3 Å². The zero-order valence-electron chi connectivity index (χ0n) is 10.2. The molecule has 0 saturated carbocycles. The van der Waals surface area contributed by atoms with E-state index >= 15 is 0 Å². The Bertz CT molecular complexity index is 501. The third-order valence-electron chi connectivity index (χ3n) is 2.00. The summed E-state index contributed by atoms with van der Waals surface area (Å²) < 4.78 is 11.0. The summed E-state index contributed by atoms with van der Waals surface area (Å²) in [4.78, 5) is 35.4. The summed E-state index contributed by atoms with van der Waals surface area (Å²) in [5.41, 5.74) is 0.157. The Kier molecular flexibility index (Phi) is 5.17. The van der Waals surface area contributed by atoms with E-state index in [-0.39, 0.29) is 5.69 Å². The van der Waals surface area contributed by atoms with E-state index in [1.54, 1.807) is 0 Å². The van der Waals surface area contributed by atoms with Gasteiger partial charge in [-0.2, -0.15) is 5.06 Å². The van der Waals surface area contributed by atoms with Crippen molar-refractivity contribution in [2.75, 3.05) is 24.4 Å². The van der Waals surface area contributed by atoms with Crippen LogP contribution in [0.15, 0.2) is 24.5 Å². The van der Waals surface area contributed by atoms with Crippen LogP contribution in [0.5, 0.6) is 0 Å². The highest BCUT2D eigenvalue weighted by Gasteiger charge is 2.18. The van der Waals surface area contributed by atoms with E-state index in [2.05, 4.69) is 10.3 Å². The molecule has 0 fully saturated rings. The van der Waals surface area contributed by atoms with Crippen molar-refractivity contribution in [3.05, 3.63) is 24.5 Å². The summed E-state index contributed by atoms with van der Waals surface area (Å²) >= 11 is 0. The monoisotopic (exact) mass is 287 g/mol. The predicted octanol–water partition coefficient (Wildman–Crippen LogP) is -0.180. The molecule has 1 unspecified atom stereocenters. The van der Waals surface area contributed by atoms with E-state index < -0.39 is 31.9 Å². The van der Waals surface area contributed by atoms with Crippen molar-refractivity contribution in [3.8, 4) is 0 Å². The van der Waals surface area contributed by atoms with Gasteiger partial charge in [0.1, 0.15) is 6.16 Å². The molecule has 2 amide bonds. The number of hydrogen-bond donors (Lipinski definition) is 3. The molecule has 1 aromatic rings. The Hall–Kier alpha value is -1.76. The van der Waals surface area contributed by atoms with Gasteiger partial charge in [0.25, 0.3) is 5.91 Å². The molecule has 0 aliphatic heterocycles. The number of carbonyl (C=O) groups is 2. The molecule has 0 saturated heterocycles. The van der Waals surface area contributed by atoms with Gasteiger partial charge in [-0.1, -0.05) is 0 Å². The summed E-state index contributed by atoms with van der Waals surface area (Å²) in [6, 6.07) is 2.99. The van der Waals surface area contributed by atoms with Gasteiger partial charge in [0.05, 0.1) is 18.4 Å². The number of carbonyl (C=O) groups excluding carboxylic acids is 2. The standard InChI is InChI=1S/C10H14N3O5P/c1-19(17,18)7-9(14)12-6-10(15)13(16)8-3-2-4-11-5-8/h2-5,16H,6-7H2,1H3,(H,12,14)(H,17,18). The van der Waals surface area contributed by atoms with Gasteiger partial charge in [0.15, 0.2) is 0 Å². The van der Waals surface area contributed by atoms with Crippen LogP contribution in [-0.4, -0.2) is 46.3 Å². The lowest BCUT2D eigenvalue weighted by molar-refractivity contribution is -0.126. The van der Waals surface area contributed by atoms with Crippen LogP contribution in [0.25, 0.3) is 0 Å². The van der Waals surface area contributed by atoms with E-state index in [0.717, 1.165) is 6.66 Å². The minimum absolute atomic E-state index is 0.157. The molecule has 0 aliphatic rings. The van der Waals surface area contributed by atoms with Gasteiger partial charge in [-0.05, 0) is 12.1 Å². The Morgan fingerprint density at radius 2 is 2.21 bits per heavy atom. The smallest absolute Gasteiger partial charge is 0.270 e. The first-order valence-corrected chi connectivity index (χ1v) is 7.56. The van der Waals surface area contributed by atoms with Crippen LogP contribution in [0.4, 0.5) is 5.69 Å². The molecule has 104 valence electrons. The Labute approximate surface area is 109 Å². The molecular formula is C10H14N3O5P. The normalized spacial score (nSPS) is 13.4. The molecule has 9 heteroatoms. The largest absolute Gasteiger partial charge is 0.346 e. The topological polar surface area (TPSA) is 120 Å². The van der Waals surface area contributed by atoms with Crippen molar-refractivity contribution >= 4 is 24.9 Å². The average Bonchev–Trinajstić information content (AvgIpc) is 2.34. The van der Waals surface area contributed by atoms with Crippen molar-refractivity contribution in [3.63, 3.8) is 0 Å². The van der Waals surface area contributed by atoms with Crippen molar-refractivity contribution in [1.29, 1.82) is 0 Å². The molecule has 1 atom stereocenters. The number of nitrogens with one attached hydrogen (secondary N) is 1. The van der Waals surface area contributed by atoms with Crippen LogP contribution in [0.1, 0.15) is 0 Å². The van der Waals surface area contributed by atoms with E-state index in [1.807, 2.05) is 0 Å². The van der Waals surface area contributed by atoms with Crippen molar-refractivity contribution in [1.82, 2.24) is 10.3 Å². The van der Waals surface area contributed by atoms with Crippen LogP contribution in [0.3, 0.4) is 0 Å². The summed E-state index contributed by atoms with van der Waals surface area (Å²) in [5.74, 6) is -1.52. The third kappa shape index (κ3) is 5.60. The Morgan fingerprint density at radius 1 is 1.53 bits per heavy atom. The SMILES string of the molecule is CP(=O)(O)CC(=O)NCC(=O)N(O)c1cccnc1. The molecule has 19 heavy (non-hydrogen) atoms. The molecule has 0 radical (unpaired) electrons. The number of amides is 2. The minimum atomic E-state index is -3.47. The molecule has 3 N–H and O–H groups in total. The van der Waals surface area contributed by atoms with Gasteiger partial charge >= 0.3 is 0 Å². The van der Waals surface area contributed by atoms with Gasteiger partial charge < -0.3 is 10.2 Å². The first-order valence-electron chi connectivity index (χ1n) is 5.27. The minimum Gasteiger partial charge on any atom is -0.346 e. The van der Waals surface area contributed by atoms with Crippen molar-refractivity contribution in [2.24, 2.45) is 0 Å². The summed E-state index contributed by atoms with van der Waals surface area (Å²) in [6.07, 6.45) is 2.18. The maximum Gasteiger partial charge on any atom is 0.270 e. The average molecular weight is 287 g/mol. The second kappa shape index (κ2) is 6.42. The number of hydroxylamine groups is 1. The maximum absolute atomic E-state index is 11.5. The molecular weight excluding hydrogens is 273 g/mol. The second-order valence-corrected chi connectivity index (χ2v) is 6.32. The fraction of sp³-hybridized carbons (Fsp3) is 0.300. The molecule has 1 heterocycles. The highest BCUT2D eigenvalue weighted by atomic mass is 31.2. The molecule has 8 nitrogen and oxygen atoms in total. The lowest BCUT2D eigenvalue weighted by Gasteiger charge is -2.14. The predicted molar refractivity (Wildman–Crippen MR) is 67.1 cm³/mol. The van der Waals surface area contributed by atoms with Gasteiger partial charge in [-0.15, -0.1) is 0 Å². The number of aromatic nitrogens is 1. The lowest BCUT2D eigenvalue weighted by atomic mass is 10.4. The van der Waals surface area contributed by atoms with Crippen LogP contribution in [0, 0.1) is 0 Å². The highest BCUT2D eigenvalue weighted by Crippen LogP contribution is 2.33. The Morgan fingerprint density at radius 3 is 2.74 bits per heavy atom. The fourth-order valence-electron chi connectivity index (χ4n) is 1.19. The fourth-order valence-corrected chi connectivity index (χ4v) is 1.84. The zero-order valence-corrected chi connectivity index (χ0v) is 11.1. The highest BCUT2D eigenvalue weighted by molar-refractivity contribution is 7.58. The summed E-state index contributed by atoms with van der Waals surface area (Å²) in [7, 11) is -3.47. The first-order chi connectivity index (χ1) is 8.79. The summed E-state index contributed by atoms with van der Waals surface area (Å²) in [6.45, 7) is 0.562. The molecule has 1 rings (SSSR count). The lowest BCUT2D eigenvalue weighted by Crippen LogP contribution is -2.39. The van der Waals surface area contributed by atoms with Gasteiger partial charge in [0, 0.05) is 12.9 Å². The van der Waals surface area contributed by atoms with E-state index in [0.29, 0.717) is 5.06 Å². The quantitative estimate of drug-likeness (QED) is 0.392. The van der Waals surface area contributed by atoms with Crippen LogP contribution < -0.4 is 10.4 Å². The number of pyridine rings is 1. The molecule has 0 spiro atoms. The number of rotatable bonds is 5. The first kappa shape index (κ1) is 15.3. The molecule has 0 aromatic carbocycles. The van der Waals surface area contributed by atoms with Gasteiger partial charge in [-0.3, -0.25) is 24.3 Å². The molecule has 0 aliphatic carbocycles. The number of nitrogens with zero attached hydrogens (tertiary/aromatic N) is 2. The van der Waals surface area contributed by atoms with Crippen molar-refractivity contribution in [2.45, 2.75) is 0 Å². The second-order valence-electron chi connectivity index (χ2n) is 3.90.